The third-order valence-corrected chi connectivity index (χ3v) is 4.45. The molecule has 1 saturated heterocycles. The van der Waals surface area contributed by atoms with Crippen LogP contribution in [0.2, 0.25) is 0 Å². The van der Waals surface area contributed by atoms with E-state index in [1.54, 1.807) is 0 Å². The van der Waals surface area contributed by atoms with E-state index in [9.17, 15) is 0 Å². The first-order chi connectivity index (χ1) is 7.16. The first kappa shape index (κ1) is 11.0. The van der Waals surface area contributed by atoms with Crippen molar-refractivity contribution in [2.45, 2.75) is 43.9 Å². The van der Waals surface area contributed by atoms with Crippen molar-refractivity contribution in [1.29, 1.82) is 0 Å². The quantitative estimate of drug-likeness (QED) is 0.821. The van der Waals surface area contributed by atoms with E-state index in [0.29, 0.717) is 5.37 Å². The van der Waals surface area contributed by atoms with E-state index in [1.807, 2.05) is 11.8 Å². The number of aryl methyl sites for hydroxylation is 3. The molecule has 2 rings (SSSR count). The van der Waals surface area contributed by atoms with E-state index in [2.05, 4.69) is 38.2 Å². The fourth-order valence-electron chi connectivity index (χ4n) is 2.25. The van der Waals surface area contributed by atoms with Crippen LogP contribution in [-0.4, -0.2) is 11.9 Å². The fourth-order valence-corrected chi connectivity index (χ4v) is 3.51. The predicted molar refractivity (Wildman–Crippen MR) is 67.5 cm³/mol. The SMILES string of the molecule is Cc1cc(C)c(SC2CCCN2)c(C)c1. The molecule has 15 heavy (non-hydrogen) atoms. The number of hydrogen-bond donors (Lipinski definition) is 1. The fraction of sp³-hybridized carbons (Fsp3) is 0.538. The molecule has 0 radical (unpaired) electrons. The minimum Gasteiger partial charge on any atom is -0.305 e. The number of nitrogens with one attached hydrogen (secondary N) is 1. The normalized spacial score (nSPS) is 20.9. The van der Waals surface area contributed by atoms with Crippen LogP contribution in [0.3, 0.4) is 0 Å². The molecule has 1 unspecified atom stereocenters. The van der Waals surface area contributed by atoms with Crippen LogP contribution in [-0.2, 0) is 0 Å². The molecule has 2 heteroatoms. The van der Waals surface area contributed by atoms with Crippen LogP contribution in [0.15, 0.2) is 17.0 Å². The summed E-state index contributed by atoms with van der Waals surface area (Å²) < 4.78 is 0. The summed E-state index contributed by atoms with van der Waals surface area (Å²) in [6.45, 7) is 7.79. The largest absolute Gasteiger partial charge is 0.305 e. The second-order valence-corrected chi connectivity index (χ2v) is 5.64. The van der Waals surface area contributed by atoms with E-state index < -0.39 is 0 Å². The summed E-state index contributed by atoms with van der Waals surface area (Å²) >= 11 is 2.00. The predicted octanol–water partition coefficient (Wildman–Crippen LogP) is 3.41. The average Bonchev–Trinajstić information content (AvgIpc) is 2.63. The van der Waals surface area contributed by atoms with Crippen molar-refractivity contribution in [2.75, 3.05) is 6.54 Å². The lowest BCUT2D eigenvalue weighted by Gasteiger charge is -2.15. The van der Waals surface area contributed by atoms with Gasteiger partial charge in [0, 0.05) is 4.90 Å². The molecule has 1 aliphatic rings. The molecule has 0 saturated carbocycles. The zero-order valence-corrected chi connectivity index (χ0v) is 10.6. The van der Waals surface area contributed by atoms with Gasteiger partial charge in [0.2, 0.25) is 0 Å². The minimum atomic E-state index is 0.630. The first-order valence-corrected chi connectivity index (χ1v) is 6.52. The zero-order valence-electron chi connectivity index (χ0n) is 9.76. The highest BCUT2D eigenvalue weighted by Crippen LogP contribution is 2.32. The van der Waals surface area contributed by atoms with Gasteiger partial charge >= 0.3 is 0 Å². The van der Waals surface area contributed by atoms with Gasteiger partial charge in [-0.3, -0.25) is 0 Å². The Labute approximate surface area is 96.7 Å². The van der Waals surface area contributed by atoms with Gasteiger partial charge in [0.1, 0.15) is 0 Å². The minimum absolute atomic E-state index is 0.630. The molecule has 1 atom stereocenters. The van der Waals surface area contributed by atoms with Gasteiger partial charge < -0.3 is 5.32 Å². The molecule has 0 aromatic heterocycles. The Hall–Kier alpha value is -0.470. The average molecular weight is 221 g/mol. The van der Waals surface area contributed by atoms with Crippen LogP contribution in [0.25, 0.3) is 0 Å². The Kier molecular flexibility index (Phi) is 3.37. The van der Waals surface area contributed by atoms with Gasteiger partial charge in [0.15, 0.2) is 0 Å². The van der Waals surface area contributed by atoms with Gasteiger partial charge in [-0.05, 0) is 51.3 Å². The lowest BCUT2D eigenvalue weighted by atomic mass is 10.1. The molecule has 1 aromatic carbocycles. The van der Waals surface area contributed by atoms with Crippen molar-refractivity contribution in [3.63, 3.8) is 0 Å². The van der Waals surface area contributed by atoms with Gasteiger partial charge in [0.25, 0.3) is 0 Å². The molecule has 0 spiro atoms. The van der Waals surface area contributed by atoms with Crippen molar-refractivity contribution in [2.24, 2.45) is 0 Å². The van der Waals surface area contributed by atoms with Crippen LogP contribution >= 0.6 is 11.8 Å². The summed E-state index contributed by atoms with van der Waals surface area (Å²) in [6, 6.07) is 4.56. The van der Waals surface area contributed by atoms with Gasteiger partial charge in [-0.2, -0.15) is 0 Å². The lowest BCUT2D eigenvalue weighted by Crippen LogP contribution is -2.17. The van der Waals surface area contributed by atoms with Crippen molar-refractivity contribution in [3.05, 3.63) is 28.8 Å². The molecule has 0 amide bonds. The second kappa shape index (κ2) is 4.58. The lowest BCUT2D eigenvalue weighted by molar-refractivity contribution is 0.805. The smallest absolute Gasteiger partial charge is 0.0580 e. The second-order valence-electron chi connectivity index (χ2n) is 4.43. The van der Waals surface area contributed by atoms with Gasteiger partial charge in [-0.1, -0.05) is 17.7 Å². The van der Waals surface area contributed by atoms with Crippen molar-refractivity contribution >= 4 is 11.8 Å². The summed E-state index contributed by atoms with van der Waals surface area (Å²) in [4.78, 5) is 1.47. The maximum Gasteiger partial charge on any atom is 0.0580 e. The molecule has 0 bridgehead atoms. The Morgan fingerprint density at radius 3 is 2.40 bits per heavy atom. The van der Waals surface area contributed by atoms with Gasteiger partial charge in [-0.15, -0.1) is 11.8 Å². The molecule has 1 fully saturated rings. The maximum atomic E-state index is 3.54. The summed E-state index contributed by atoms with van der Waals surface area (Å²) in [5.74, 6) is 0. The molecule has 1 N–H and O–H groups in total. The highest BCUT2D eigenvalue weighted by Gasteiger charge is 2.17. The molecule has 1 aliphatic heterocycles. The van der Waals surface area contributed by atoms with E-state index in [-0.39, 0.29) is 0 Å². The molecular weight excluding hydrogens is 202 g/mol. The summed E-state index contributed by atoms with van der Waals surface area (Å²) in [7, 11) is 0. The Morgan fingerprint density at radius 2 is 1.87 bits per heavy atom. The van der Waals surface area contributed by atoms with Gasteiger partial charge in [-0.25, -0.2) is 0 Å². The molecule has 82 valence electrons. The van der Waals surface area contributed by atoms with Crippen LogP contribution < -0.4 is 5.32 Å². The third kappa shape index (κ3) is 2.56. The van der Waals surface area contributed by atoms with Crippen molar-refractivity contribution in [1.82, 2.24) is 5.32 Å². The topological polar surface area (TPSA) is 12.0 Å². The monoisotopic (exact) mass is 221 g/mol. The highest BCUT2D eigenvalue weighted by atomic mass is 32.2. The number of hydrogen-bond acceptors (Lipinski definition) is 2. The Bertz CT molecular complexity index is 331. The third-order valence-electron chi connectivity index (χ3n) is 2.88. The molecule has 1 nitrogen and oxygen atoms in total. The summed E-state index contributed by atoms with van der Waals surface area (Å²) in [5, 5.41) is 4.17. The molecule has 1 aromatic rings. The molecular formula is C13H19NS. The van der Waals surface area contributed by atoms with E-state index in [4.69, 9.17) is 0 Å². The van der Waals surface area contributed by atoms with Crippen LogP contribution in [0.4, 0.5) is 0 Å². The Morgan fingerprint density at radius 1 is 1.20 bits per heavy atom. The molecule has 1 heterocycles. The van der Waals surface area contributed by atoms with Crippen LogP contribution in [0, 0.1) is 20.8 Å². The van der Waals surface area contributed by atoms with Crippen molar-refractivity contribution in [3.8, 4) is 0 Å². The van der Waals surface area contributed by atoms with E-state index >= 15 is 0 Å². The van der Waals surface area contributed by atoms with E-state index in [0.717, 1.165) is 0 Å². The standard InChI is InChI=1S/C13H19NS/c1-9-7-10(2)13(11(3)8-9)15-12-5-4-6-14-12/h7-8,12,14H,4-6H2,1-3H3. The summed E-state index contributed by atoms with van der Waals surface area (Å²) in [6.07, 6.45) is 2.62. The summed E-state index contributed by atoms with van der Waals surface area (Å²) in [5.41, 5.74) is 4.21. The maximum absolute atomic E-state index is 3.54. The Balaban J connectivity index is 2.19. The number of rotatable bonds is 2. The molecule has 0 aliphatic carbocycles. The van der Waals surface area contributed by atoms with Crippen molar-refractivity contribution < 1.29 is 0 Å². The van der Waals surface area contributed by atoms with Gasteiger partial charge in [0.05, 0.1) is 5.37 Å². The first-order valence-electron chi connectivity index (χ1n) is 5.65. The zero-order chi connectivity index (χ0) is 10.8. The number of benzene rings is 1. The number of thioether (sulfide) groups is 1. The highest BCUT2D eigenvalue weighted by molar-refractivity contribution is 8.00. The van der Waals surface area contributed by atoms with E-state index in [1.165, 1.54) is 41.0 Å². The van der Waals surface area contributed by atoms with Crippen LogP contribution in [0.1, 0.15) is 29.5 Å². The van der Waals surface area contributed by atoms with Crippen LogP contribution in [0.5, 0.6) is 0 Å².